The largest absolute Gasteiger partial charge is 0.107 e. The Morgan fingerprint density at radius 1 is 1.12 bits per heavy atom. The first-order valence-corrected chi connectivity index (χ1v) is 9.94. The molecule has 0 saturated carbocycles. The molecular formula is C14H30SiZn. The van der Waals surface area contributed by atoms with Gasteiger partial charge in [-0.05, 0) is 5.92 Å². The minimum atomic E-state index is -1.00. The molecule has 0 heterocycles. The van der Waals surface area contributed by atoms with E-state index in [4.69, 9.17) is 0 Å². The molecule has 0 N–H and O–H groups in total. The van der Waals surface area contributed by atoms with Gasteiger partial charge < -0.3 is 0 Å². The first-order valence-electron chi connectivity index (χ1n) is 6.65. The molecule has 0 saturated heterocycles. The van der Waals surface area contributed by atoms with E-state index in [0.717, 1.165) is 5.92 Å². The second-order valence-electron chi connectivity index (χ2n) is 5.66. The molecule has 92 valence electrons. The Bertz CT molecular complexity index is 166. The van der Waals surface area contributed by atoms with Gasteiger partial charge >= 0.3 is 0 Å². The summed E-state index contributed by atoms with van der Waals surface area (Å²) in [5.74, 6) is 0.934. The first kappa shape index (κ1) is 18.9. The molecule has 0 aromatic rings. The van der Waals surface area contributed by atoms with Crippen LogP contribution in [0.2, 0.25) is 19.1 Å². The van der Waals surface area contributed by atoms with E-state index in [1.54, 1.807) is 0 Å². The molecule has 0 aromatic carbocycles. The van der Waals surface area contributed by atoms with E-state index in [2.05, 4.69) is 39.2 Å². The van der Waals surface area contributed by atoms with Crippen LogP contribution in [0.3, 0.4) is 0 Å². The predicted octanol–water partition coefficient (Wildman–Crippen LogP) is 5.41. The van der Waals surface area contributed by atoms with Crippen molar-refractivity contribution >= 4 is 8.07 Å². The monoisotopic (exact) mass is 290 g/mol. The molecule has 0 spiro atoms. The van der Waals surface area contributed by atoms with Crippen LogP contribution in [0.15, 0.2) is 12.3 Å². The Labute approximate surface area is 117 Å². The van der Waals surface area contributed by atoms with Crippen LogP contribution in [0.25, 0.3) is 0 Å². The molecule has 0 amide bonds. The van der Waals surface area contributed by atoms with Crippen molar-refractivity contribution in [2.24, 2.45) is 5.92 Å². The van der Waals surface area contributed by atoms with Gasteiger partial charge in [-0.3, -0.25) is 0 Å². The smallest absolute Gasteiger partial charge is 0.0709 e. The van der Waals surface area contributed by atoms with Crippen molar-refractivity contribution in [1.29, 1.82) is 0 Å². The molecule has 0 aromatic heterocycles. The van der Waals surface area contributed by atoms with Crippen LogP contribution in [0.5, 0.6) is 0 Å². The van der Waals surface area contributed by atoms with Crippen molar-refractivity contribution in [3.05, 3.63) is 12.3 Å². The molecule has 0 rings (SSSR count). The van der Waals surface area contributed by atoms with Gasteiger partial charge in [0.1, 0.15) is 0 Å². The van der Waals surface area contributed by atoms with E-state index < -0.39 is 8.07 Å². The van der Waals surface area contributed by atoms with Crippen LogP contribution >= 0.6 is 0 Å². The van der Waals surface area contributed by atoms with Gasteiger partial charge in [-0.25, -0.2) is 0 Å². The molecule has 16 heavy (non-hydrogen) atoms. The van der Waals surface area contributed by atoms with Crippen molar-refractivity contribution < 1.29 is 19.5 Å². The summed E-state index contributed by atoms with van der Waals surface area (Å²) in [6.45, 7) is 13.4. The van der Waals surface area contributed by atoms with Gasteiger partial charge in [-0.15, -0.1) is 12.3 Å². The number of hydrogen-bond donors (Lipinski definition) is 0. The van der Waals surface area contributed by atoms with E-state index in [-0.39, 0.29) is 19.5 Å². The van der Waals surface area contributed by atoms with E-state index in [1.807, 2.05) is 0 Å². The van der Waals surface area contributed by atoms with Crippen molar-refractivity contribution in [3.8, 4) is 0 Å². The zero-order valence-electron chi connectivity index (χ0n) is 12.0. The minimum Gasteiger partial charge on any atom is -0.107 e. The van der Waals surface area contributed by atoms with E-state index in [9.17, 15) is 0 Å². The number of hydrogen-bond acceptors (Lipinski definition) is 0. The van der Waals surface area contributed by atoms with E-state index in [1.165, 1.54) is 44.6 Å². The third kappa shape index (κ3) is 11.1. The summed E-state index contributed by atoms with van der Waals surface area (Å²) in [6.07, 6.45) is 8.50. The summed E-state index contributed by atoms with van der Waals surface area (Å²) >= 11 is 0. The van der Waals surface area contributed by atoms with Crippen LogP contribution < -0.4 is 0 Å². The predicted molar refractivity (Wildman–Crippen MR) is 75.0 cm³/mol. The fourth-order valence-electron chi connectivity index (χ4n) is 1.73. The maximum Gasteiger partial charge on any atom is 0.0709 e. The fraction of sp³-hybridized carbons (Fsp3) is 0.857. The molecule has 1 unspecified atom stereocenters. The SMILES string of the molecule is C=C[Si](C)(C)CCCCCCC(C)CC.[Zn]. The number of rotatable bonds is 9. The van der Waals surface area contributed by atoms with Crippen LogP contribution in [0, 0.1) is 5.92 Å². The third-order valence-electron chi connectivity index (χ3n) is 3.52. The van der Waals surface area contributed by atoms with E-state index >= 15 is 0 Å². The molecule has 0 aliphatic rings. The second kappa shape index (κ2) is 10.7. The Balaban J connectivity index is 0. The van der Waals surface area contributed by atoms with Crippen molar-refractivity contribution in [2.45, 2.75) is 71.5 Å². The summed E-state index contributed by atoms with van der Waals surface area (Å²) in [5, 5.41) is 0. The maximum atomic E-state index is 3.94. The minimum absolute atomic E-state index is 0. The van der Waals surface area contributed by atoms with Crippen LogP contribution in [-0.4, -0.2) is 8.07 Å². The quantitative estimate of drug-likeness (QED) is 0.393. The molecule has 2 heteroatoms. The van der Waals surface area contributed by atoms with Crippen LogP contribution in [0.4, 0.5) is 0 Å². The molecule has 0 fully saturated rings. The Kier molecular flexibility index (Phi) is 12.7. The maximum absolute atomic E-state index is 3.94. The van der Waals surface area contributed by atoms with Crippen LogP contribution in [-0.2, 0) is 19.5 Å². The standard InChI is InChI=1S/C14H30Si.Zn/c1-6-14(3)12-10-8-9-11-13-15(4,5)7-2;/h7,14H,2,6,8-13H2,1,3-5H3;. The van der Waals surface area contributed by atoms with Crippen molar-refractivity contribution in [2.75, 3.05) is 0 Å². The molecule has 0 aliphatic heterocycles. The van der Waals surface area contributed by atoms with Crippen molar-refractivity contribution in [1.82, 2.24) is 0 Å². The second-order valence-corrected chi connectivity index (χ2v) is 10.5. The van der Waals surface area contributed by atoms with Gasteiger partial charge in [0.15, 0.2) is 0 Å². The van der Waals surface area contributed by atoms with Gasteiger partial charge in [0.25, 0.3) is 0 Å². The Hall–Kier alpha value is 0.580. The summed E-state index contributed by atoms with van der Waals surface area (Å²) in [4.78, 5) is 0. The normalized spacial score (nSPS) is 13.0. The van der Waals surface area contributed by atoms with Gasteiger partial charge in [0.2, 0.25) is 0 Å². The summed E-state index contributed by atoms with van der Waals surface area (Å²) in [7, 11) is -1.00. The summed E-state index contributed by atoms with van der Waals surface area (Å²) in [5.41, 5.74) is 2.23. The zero-order chi connectivity index (χ0) is 11.7. The third-order valence-corrected chi connectivity index (χ3v) is 6.26. The van der Waals surface area contributed by atoms with Gasteiger partial charge in [-0.2, -0.15) is 0 Å². The van der Waals surface area contributed by atoms with Crippen LogP contribution in [0.1, 0.15) is 52.4 Å². The van der Waals surface area contributed by atoms with Gasteiger partial charge in [0.05, 0.1) is 8.07 Å². The topological polar surface area (TPSA) is 0 Å². The average molecular weight is 292 g/mol. The van der Waals surface area contributed by atoms with Crippen molar-refractivity contribution in [3.63, 3.8) is 0 Å². The molecule has 0 aliphatic carbocycles. The van der Waals surface area contributed by atoms with E-state index in [0.29, 0.717) is 0 Å². The molecule has 1 atom stereocenters. The zero-order valence-corrected chi connectivity index (χ0v) is 16.0. The number of unbranched alkanes of at least 4 members (excludes halogenated alkanes) is 3. The molecular weight excluding hydrogens is 262 g/mol. The molecule has 0 bridgehead atoms. The van der Waals surface area contributed by atoms with Gasteiger partial charge in [-0.1, -0.05) is 71.5 Å². The first-order chi connectivity index (χ1) is 7.02. The Morgan fingerprint density at radius 2 is 1.69 bits per heavy atom. The average Bonchev–Trinajstić information content (AvgIpc) is 2.22. The Morgan fingerprint density at radius 3 is 2.19 bits per heavy atom. The summed E-state index contributed by atoms with van der Waals surface area (Å²) < 4.78 is 0. The fourth-order valence-corrected chi connectivity index (χ4v) is 3.10. The molecule has 0 radical (unpaired) electrons. The molecule has 0 nitrogen and oxygen atoms in total. The van der Waals surface area contributed by atoms with Gasteiger partial charge in [0, 0.05) is 19.5 Å². The summed E-state index contributed by atoms with van der Waals surface area (Å²) in [6, 6.07) is 1.43.